The molecule has 3 nitrogen and oxygen atoms in total. The van der Waals surface area contributed by atoms with Crippen LogP contribution < -0.4 is 0 Å². The number of benzene rings is 2. The number of amides is 1. The van der Waals surface area contributed by atoms with E-state index in [9.17, 15) is 9.90 Å². The van der Waals surface area contributed by atoms with Crippen LogP contribution in [-0.4, -0.2) is 34.8 Å². The van der Waals surface area contributed by atoms with Gasteiger partial charge < -0.3 is 10.0 Å². The van der Waals surface area contributed by atoms with Gasteiger partial charge in [0.25, 0.3) is 0 Å². The third-order valence-electron chi connectivity index (χ3n) is 4.82. The third-order valence-corrected chi connectivity index (χ3v) is 5.83. The van der Waals surface area contributed by atoms with Crippen LogP contribution in [-0.2, 0) is 4.79 Å². The number of phenols is 1. The molecule has 1 N–H and O–H groups in total. The molecule has 1 aliphatic heterocycles. The Balaban J connectivity index is 1.42. The molecule has 0 aromatic heterocycles. The first-order valence-corrected chi connectivity index (χ1v) is 9.86. The molecule has 0 unspecified atom stereocenters. The van der Waals surface area contributed by atoms with Gasteiger partial charge in [-0.15, -0.1) is 11.8 Å². The van der Waals surface area contributed by atoms with Crippen molar-refractivity contribution in [2.45, 2.75) is 37.0 Å². The number of aromatic hydroxyl groups is 1. The van der Waals surface area contributed by atoms with E-state index in [0.29, 0.717) is 18.1 Å². The zero-order valence-electron chi connectivity index (χ0n) is 14.6. The highest BCUT2D eigenvalue weighted by atomic mass is 32.2. The van der Waals surface area contributed by atoms with Crippen LogP contribution in [0.4, 0.5) is 0 Å². The fourth-order valence-electron chi connectivity index (χ4n) is 3.26. The molecule has 1 heterocycles. The van der Waals surface area contributed by atoms with Crippen LogP contribution in [0.2, 0.25) is 0 Å². The zero-order valence-corrected chi connectivity index (χ0v) is 15.5. The Bertz CT molecular complexity index is 689. The molecular weight excluding hydrogens is 330 g/mol. The first-order valence-electron chi connectivity index (χ1n) is 8.88. The van der Waals surface area contributed by atoms with Crippen molar-refractivity contribution in [3.05, 3.63) is 59.7 Å². The second-order valence-electron chi connectivity index (χ2n) is 6.66. The molecule has 0 spiro atoms. The number of hydrogen-bond acceptors (Lipinski definition) is 3. The molecule has 3 rings (SSSR count). The average molecular weight is 356 g/mol. The van der Waals surface area contributed by atoms with Gasteiger partial charge >= 0.3 is 0 Å². The van der Waals surface area contributed by atoms with Crippen LogP contribution in [0.15, 0.2) is 53.4 Å². The lowest BCUT2D eigenvalue weighted by Crippen LogP contribution is -2.38. The molecule has 0 bridgehead atoms. The Kier molecular flexibility index (Phi) is 6.03. The number of likely N-dealkylation sites (tertiary alicyclic amines) is 1. The lowest BCUT2D eigenvalue weighted by Gasteiger charge is -2.32. The summed E-state index contributed by atoms with van der Waals surface area (Å²) >= 11 is 1.75. The van der Waals surface area contributed by atoms with Crippen LogP contribution in [0, 0.1) is 6.92 Å². The van der Waals surface area contributed by atoms with E-state index in [1.54, 1.807) is 23.9 Å². The van der Waals surface area contributed by atoms with E-state index in [0.717, 1.165) is 31.7 Å². The van der Waals surface area contributed by atoms with Crippen LogP contribution in [0.25, 0.3) is 0 Å². The fourth-order valence-corrected chi connectivity index (χ4v) is 4.10. The first kappa shape index (κ1) is 17.9. The van der Waals surface area contributed by atoms with E-state index >= 15 is 0 Å². The van der Waals surface area contributed by atoms with Crippen molar-refractivity contribution in [2.75, 3.05) is 18.8 Å². The smallest absolute Gasteiger partial charge is 0.223 e. The Morgan fingerprint density at radius 2 is 1.72 bits per heavy atom. The largest absolute Gasteiger partial charge is 0.508 e. The third kappa shape index (κ3) is 5.02. The van der Waals surface area contributed by atoms with Crippen molar-refractivity contribution in [2.24, 2.45) is 0 Å². The van der Waals surface area contributed by atoms with Crippen molar-refractivity contribution in [3.63, 3.8) is 0 Å². The van der Waals surface area contributed by atoms with Gasteiger partial charge in [-0.25, -0.2) is 0 Å². The van der Waals surface area contributed by atoms with Gasteiger partial charge in [-0.1, -0.05) is 29.8 Å². The van der Waals surface area contributed by atoms with Gasteiger partial charge in [0.2, 0.25) is 5.91 Å². The predicted octanol–water partition coefficient (Wildman–Crippen LogP) is 4.59. The molecular formula is C21H25NO2S. The molecule has 0 atom stereocenters. The van der Waals surface area contributed by atoms with E-state index in [-0.39, 0.29) is 5.91 Å². The van der Waals surface area contributed by atoms with Gasteiger partial charge in [-0.3, -0.25) is 4.79 Å². The number of thioether (sulfide) groups is 1. The summed E-state index contributed by atoms with van der Waals surface area (Å²) in [5.41, 5.74) is 2.52. The summed E-state index contributed by atoms with van der Waals surface area (Å²) in [5, 5.41) is 9.39. The number of piperidine rings is 1. The maximum absolute atomic E-state index is 12.4. The molecule has 2 aromatic carbocycles. The summed E-state index contributed by atoms with van der Waals surface area (Å²) in [7, 11) is 0. The average Bonchev–Trinajstić information content (AvgIpc) is 2.64. The molecule has 0 saturated carbocycles. The second kappa shape index (κ2) is 8.43. The highest BCUT2D eigenvalue weighted by Gasteiger charge is 2.23. The number of phenolic OH excluding ortho intramolecular Hbond substituents is 1. The second-order valence-corrected chi connectivity index (χ2v) is 7.83. The molecule has 4 heteroatoms. The number of rotatable bonds is 5. The number of hydrogen-bond donors (Lipinski definition) is 1. The van der Waals surface area contributed by atoms with Crippen LogP contribution >= 0.6 is 11.8 Å². The van der Waals surface area contributed by atoms with E-state index < -0.39 is 0 Å². The summed E-state index contributed by atoms with van der Waals surface area (Å²) in [6.45, 7) is 3.75. The minimum Gasteiger partial charge on any atom is -0.508 e. The molecule has 132 valence electrons. The van der Waals surface area contributed by atoms with Crippen LogP contribution in [0.3, 0.4) is 0 Å². The van der Waals surface area contributed by atoms with Crippen LogP contribution in [0.5, 0.6) is 5.75 Å². The molecule has 25 heavy (non-hydrogen) atoms. The number of carbonyl (C=O) groups is 1. The van der Waals surface area contributed by atoms with Gasteiger partial charge in [0.1, 0.15) is 5.75 Å². The quantitative estimate of drug-likeness (QED) is 0.798. The minimum atomic E-state index is 0.267. The van der Waals surface area contributed by atoms with Crippen molar-refractivity contribution in [3.8, 4) is 5.75 Å². The van der Waals surface area contributed by atoms with Crippen LogP contribution in [0.1, 0.15) is 36.3 Å². The Hall–Kier alpha value is -1.94. The Labute approximate surface area is 154 Å². The normalized spacial score (nSPS) is 15.3. The molecule has 1 amide bonds. The molecule has 2 aromatic rings. The predicted molar refractivity (Wildman–Crippen MR) is 103 cm³/mol. The molecule has 1 aliphatic rings. The summed E-state index contributed by atoms with van der Waals surface area (Å²) in [4.78, 5) is 15.6. The van der Waals surface area contributed by atoms with E-state index in [4.69, 9.17) is 0 Å². The van der Waals surface area contributed by atoms with Gasteiger partial charge in [0.05, 0.1) is 0 Å². The molecule has 0 radical (unpaired) electrons. The van der Waals surface area contributed by atoms with Gasteiger partial charge in [-0.05, 0) is 55.5 Å². The van der Waals surface area contributed by atoms with E-state index in [2.05, 4.69) is 31.2 Å². The van der Waals surface area contributed by atoms with Crippen molar-refractivity contribution in [1.29, 1.82) is 0 Å². The van der Waals surface area contributed by atoms with Crippen molar-refractivity contribution < 1.29 is 9.90 Å². The molecule has 1 saturated heterocycles. The number of aryl methyl sites for hydroxylation is 1. The lowest BCUT2D eigenvalue weighted by atomic mass is 9.89. The first-order chi connectivity index (χ1) is 12.1. The topological polar surface area (TPSA) is 40.5 Å². The Morgan fingerprint density at radius 3 is 2.36 bits per heavy atom. The summed E-state index contributed by atoms with van der Waals surface area (Å²) in [6, 6.07) is 15.9. The highest BCUT2D eigenvalue weighted by molar-refractivity contribution is 7.99. The van der Waals surface area contributed by atoms with E-state index in [1.807, 2.05) is 17.0 Å². The van der Waals surface area contributed by atoms with E-state index in [1.165, 1.54) is 16.0 Å². The zero-order chi connectivity index (χ0) is 17.6. The maximum atomic E-state index is 12.4. The fraction of sp³-hybridized carbons (Fsp3) is 0.381. The van der Waals surface area contributed by atoms with Gasteiger partial charge in [0, 0.05) is 30.2 Å². The monoisotopic (exact) mass is 355 g/mol. The lowest BCUT2D eigenvalue weighted by molar-refractivity contribution is -0.131. The SMILES string of the molecule is Cc1ccc(SCCC(=O)N2CCC(c3ccc(O)cc3)CC2)cc1. The summed E-state index contributed by atoms with van der Waals surface area (Å²) in [6.07, 6.45) is 2.60. The number of carbonyl (C=O) groups excluding carboxylic acids is 1. The number of nitrogens with zero attached hydrogens (tertiary/aromatic N) is 1. The molecule has 0 aliphatic carbocycles. The molecule has 1 fully saturated rings. The standard InChI is InChI=1S/C21H25NO2S/c1-16-2-8-20(9-3-16)25-15-12-21(24)22-13-10-18(11-14-22)17-4-6-19(23)7-5-17/h2-9,18,23H,10-15H2,1H3. The van der Waals surface area contributed by atoms with Crippen molar-refractivity contribution >= 4 is 17.7 Å². The minimum absolute atomic E-state index is 0.267. The Morgan fingerprint density at radius 1 is 1.08 bits per heavy atom. The maximum Gasteiger partial charge on any atom is 0.223 e. The summed E-state index contributed by atoms with van der Waals surface area (Å²) < 4.78 is 0. The van der Waals surface area contributed by atoms with Gasteiger partial charge in [0.15, 0.2) is 0 Å². The highest BCUT2D eigenvalue weighted by Crippen LogP contribution is 2.29. The summed E-state index contributed by atoms with van der Waals surface area (Å²) in [5.74, 6) is 1.90. The van der Waals surface area contributed by atoms with Crippen molar-refractivity contribution in [1.82, 2.24) is 4.90 Å². The van der Waals surface area contributed by atoms with Gasteiger partial charge in [-0.2, -0.15) is 0 Å².